The molecular formula is C20H23FN6O2. The van der Waals surface area contributed by atoms with Gasteiger partial charge >= 0.3 is 5.69 Å². The van der Waals surface area contributed by atoms with Crippen molar-refractivity contribution >= 4 is 34.5 Å². The third-order valence-corrected chi connectivity index (χ3v) is 5.29. The van der Waals surface area contributed by atoms with Crippen LogP contribution in [-0.2, 0) is 0 Å². The van der Waals surface area contributed by atoms with E-state index in [4.69, 9.17) is 0 Å². The van der Waals surface area contributed by atoms with E-state index in [1.807, 2.05) is 16.7 Å². The minimum Gasteiger partial charge on any atom is -0.369 e. The van der Waals surface area contributed by atoms with Crippen molar-refractivity contribution in [3.63, 3.8) is 0 Å². The van der Waals surface area contributed by atoms with Crippen LogP contribution in [0, 0.1) is 15.9 Å². The molecule has 9 heteroatoms. The lowest BCUT2D eigenvalue weighted by Crippen LogP contribution is -2.30. The summed E-state index contributed by atoms with van der Waals surface area (Å²) >= 11 is 0. The molecule has 2 aliphatic rings. The topological polar surface area (TPSA) is 86.9 Å². The quantitative estimate of drug-likeness (QED) is 0.603. The molecule has 2 aliphatic heterocycles. The number of anilines is 4. The summed E-state index contributed by atoms with van der Waals surface area (Å²) in [6.07, 6.45) is 3.29. The Morgan fingerprint density at radius 3 is 2.59 bits per heavy atom. The molecule has 3 heterocycles. The highest BCUT2D eigenvalue weighted by Gasteiger charge is 2.22. The predicted molar refractivity (Wildman–Crippen MR) is 112 cm³/mol. The maximum Gasteiger partial charge on any atom is 0.311 e. The Hall–Kier alpha value is -3.23. The summed E-state index contributed by atoms with van der Waals surface area (Å²) in [5.74, 6) is 1.12. The number of aromatic nitrogens is 1. The fourth-order valence-corrected chi connectivity index (χ4v) is 3.78. The molecule has 152 valence electrons. The number of hydrogen-bond acceptors (Lipinski definition) is 7. The van der Waals surface area contributed by atoms with Crippen LogP contribution in [0.25, 0.3) is 0 Å². The zero-order chi connectivity index (χ0) is 20.4. The van der Waals surface area contributed by atoms with Gasteiger partial charge in [-0.1, -0.05) is 0 Å². The van der Waals surface area contributed by atoms with Gasteiger partial charge in [-0.25, -0.2) is 9.37 Å². The summed E-state index contributed by atoms with van der Waals surface area (Å²) < 4.78 is 14.7. The third-order valence-electron chi connectivity index (χ3n) is 5.29. The molecule has 8 nitrogen and oxygen atoms in total. The molecule has 0 radical (unpaired) electrons. The number of pyridine rings is 1. The molecular weight excluding hydrogens is 375 g/mol. The molecule has 0 spiro atoms. The van der Waals surface area contributed by atoms with E-state index >= 15 is 0 Å². The number of nitrogens with zero attached hydrogens (tertiary/aromatic N) is 5. The zero-order valence-electron chi connectivity index (χ0n) is 16.3. The second kappa shape index (κ2) is 8.02. The van der Waals surface area contributed by atoms with Gasteiger partial charge in [0, 0.05) is 31.4 Å². The van der Waals surface area contributed by atoms with E-state index in [0.29, 0.717) is 30.3 Å². The smallest absolute Gasteiger partial charge is 0.311 e. The normalized spacial score (nSPS) is 16.7. The predicted octanol–water partition coefficient (Wildman–Crippen LogP) is 4.10. The average molecular weight is 398 g/mol. The molecule has 29 heavy (non-hydrogen) atoms. The lowest BCUT2D eigenvalue weighted by atomic mass is 10.1. The zero-order valence-corrected chi connectivity index (χ0v) is 16.3. The molecule has 1 N–H and O–H groups in total. The number of halogens is 1. The van der Waals surface area contributed by atoms with Crippen LogP contribution < -0.4 is 15.1 Å². The maximum atomic E-state index is 14.7. The second-order valence-electron chi connectivity index (χ2n) is 7.21. The Balaban J connectivity index is 1.61. The van der Waals surface area contributed by atoms with Crippen LogP contribution in [0.5, 0.6) is 0 Å². The average Bonchev–Trinajstić information content (AvgIpc) is 3.14. The third kappa shape index (κ3) is 3.98. The van der Waals surface area contributed by atoms with E-state index in [0.717, 1.165) is 31.8 Å². The van der Waals surface area contributed by atoms with Gasteiger partial charge in [0.05, 0.1) is 17.2 Å². The molecule has 4 rings (SSSR count). The molecule has 0 atom stereocenters. The molecule has 1 saturated heterocycles. The highest BCUT2D eigenvalue weighted by Crippen LogP contribution is 2.31. The van der Waals surface area contributed by atoms with Gasteiger partial charge in [-0.2, -0.15) is 0 Å². The van der Waals surface area contributed by atoms with Gasteiger partial charge in [0.15, 0.2) is 0 Å². The molecule has 0 amide bonds. The van der Waals surface area contributed by atoms with E-state index in [-0.39, 0.29) is 17.3 Å². The SMILES string of the molecule is CC1=NCCN1c1ccc([N+](=O)[O-])c(Nc2ccc(N3CCCCC3)c(F)c2)n1. The second-order valence-corrected chi connectivity index (χ2v) is 7.21. The standard InChI is InChI=1S/C20H23FN6O2/c1-14-22-9-12-26(14)19-8-7-18(27(28)29)20(24-19)23-15-5-6-17(16(21)13-15)25-10-3-2-4-11-25/h5-8,13H,2-4,9-12H2,1H3,(H,23,24). The largest absolute Gasteiger partial charge is 0.369 e. The number of aliphatic imine (C=N–C) groups is 1. The van der Waals surface area contributed by atoms with Crippen molar-refractivity contribution in [2.45, 2.75) is 26.2 Å². The number of nitrogens with one attached hydrogen (secondary N) is 1. The van der Waals surface area contributed by atoms with Gasteiger partial charge < -0.3 is 15.1 Å². The van der Waals surface area contributed by atoms with Crippen LogP contribution in [0.3, 0.4) is 0 Å². The Morgan fingerprint density at radius 2 is 1.93 bits per heavy atom. The van der Waals surface area contributed by atoms with Crippen molar-refractivity contribution in [3.05, 3.63) is 46.3 Å². The van der Waals surface area contributed by atoms with Gasteiger partial charge in [0.1, 0.15) is 17.5 Å². The molecule has 2 aromatic rings. The van der Waals surface area contributed by atoms with Gasteiger partial charge in [-0.05, 0) is 50.5 Å². The molecule has 0 bridgehead atoms. The fraction of sp³-hybridized carbons (Fsp3) is 0.400. The number of rotatable bonds is 5. The molecule has 0 saturated carbocycles. The first-order chi connectivity index (χ1) is 14.0. The van der Waals surface area contributed by atoms with Crippen LogP contribution in [0.4, 0.5) is 33.1 Å². The maximum absolute atomic E-state index is 14.7. The summed E-state index contributed by atoms with van der Waals surface area (Å²) in [4.78, 5) is 23.6. The number of hydrogen-bond donors (Lipinski definition) is 1. The first-order valence-electron chi connectivity index (χ1n) is 9.78. The summed E-state index contributed by atoms with van der Waals surface area (Å²) in [5, 5.41) is 14.4. The first-order valence-corrected chi connectivity index (χ1v) is 9.78. The van der Waals surface area contributed by atoms with Gasteiger partial charge in [-0.15, -0.1) is 0 Å². The van der Waals surface area contributed by atoms with Crippen LogP contribution in [0.15, 0.2) is 35.3 Å². The number of benzene rings is 1. The summed E-state index contributed by atoms with van der Waals surface area (Å²) in [7, 11) is 0. The highest BCUT2D eigenvalue weighted by atomic mass is 19.1. The van der Waals surface area contributed by atoms with Crippen molar-refractivity contribution in [1.82, 2.24) is 4.98 Å². The van der Waals surface area contributed by atoms with Crippen LogP contribution in [0.1, 0.15) is 26.2 Å². The van der Waals surface area contributed by atoms with Crippen LogP contribution in [0.2, 0.25) is 0 Å². The lowest BCUT2D eigenvalue weighted by molar-refractivity contribution is -0.384. The monoisotopic (exact) mass is 398 g/mol. The molecule has 1 fully saturated rings. The highest BCUT2D eigenvalue weighted by molar-refractivity contribution is 5.97. The summed E-state index contributed by atoms with van der Waals surface area (Å²) in [6, 6.07) is 7.83. The number of amidine groups is 1. The first kappa shape index (κ1) is 19.1. The van der Waals surface area contributed by atoms with E-state index < -0.39 is 4.92 Å². The fourth-order valence-electron chi connectivity index (χ4n) is 3.78. The minimum atomic E-state index is -0.498. The van der Waals surface area contributed by atoms with Gasteiger partial charge in [0.2, 0.25) is 5.82 Å². The minimum absolute atomic E-state index is 0.0809. The Kier molecular flexibility index (Phi) is 5.28. The van der Waals surface area contributed by atoms with Crippen LogP contribution >= 0.6 is 0 Å². The van der Waals surface area contributed by atoms with E-state index in [1.54, 1.807) is 18.2 Å². The van der Waals surface area contributed by atoms with E-state index in [1.165, 1.54) is 18.6 Å². The Morgan fingerprint density at radius 1 is 1.14 bits per heavy atom. The van der Waals surface area contributed by atoms with Crippen molar-refractivity contribution in [1.29, 1.82) is 0 Å². The molecule has 0 unspecified atom stereocenters. The van der Waals surface area contributed by atoms with E-state index in [2.05, 4.69) is 15.3 Å². The molecule has 0 aliphatic carbocycles. The number of nitro groups is 1. The summed E-state index contributed by atoms with van der Waals surface area (Å²) in [6.45, 7) is 4.90. The number of piperidine rings is 1. The van der Waals surface area contributed by atoms with Crippen molar-refractivity contribution in [3.8, 4) is 0 Å². The molecule has 1 aromatic heterocycles. The van der Waals surface area contributed by atoms with Crippen molar-refractivity contribution in [2.75, 3.05) is 41.3 Å². The molecule has 1 aromatic carbocycles. The Labute approximate surface area is 168 Å². The van der Waals surface area contributed by atoms with Crippen molar-refractivity contribution < 1.29 is 9.31 Å². The lowest BCUT2D eigenvalue weighted by Gasteiger charge is -2.29. The van der Waals surface area contributed by atoms with E-state index in [9.17, 15) is 14.5 Å². The van der Waals surface area contributed by atoms with Gasteiger partial charge in [-0.3, -0.25) is 15.1 Å². The Bertz CT molecular complexity index is 958. The summed E-state index contributed by atoms with van der Waals surface area (Å²) in [5.41, 5.74) is 0.821. The van der Waals surface area contributed by atoms with Crippen LogP contribution in [-0.4, -0.2) is 41.9 Å². The van der Waals surface area contributed by atoms with Gasteiger partial charge in [0.25, 0.3) is 0 Å². The van der Waals surface area contributed by atoms with Crippen molar-refractivity contribution in [2.24, 2.45) is 4.99 Å².